The summed E-state index contributed by atoms with van der Waals surface area (Å²) in [6.45, 7) is 5.23. The van der Waals surface area contributed by atoms with Crippen LogP contribution in [0.4, 0.5) is 16.5 Å². The maximum atomic E-state index is 13.2. The van der Waals surface area contributed by atoms with E-state index in [4.69, 9.17) is 11.6 Å². The van der Waals surface area contributed by atoms with Gasteiger partial charge in [0.25, 0.3) is 10.0 Å². The number of rotatable bonds is 6. The molecule has 12 heteroatoms. The Labute approximate surface area is 222 Å². The number of fused-ring (bicyclic) bond motifs is 1. The van der Waals surface area contributed by atoms with Gasteiger partial charge < -0.3 is 14.7 Å². The Morgan fingerprint density at radius 1 is 1.19 bits per heavy atom. The van der Waals surface area contributed by atoms with Crippen LogP contribution >= 0.6 is 23.1 Å². The minimum atomic E-state index is -3.72. The van der Waals surface area contributed by atoms with Gasteiger partial charge in [-0.15, -0.1) is 0 Å². The van der Waals surface area contributed by atoms with Gasteiger partial charge in [0.05, 0.1) is 11.4 Å². The van der Waals surface area contributed by atoms with Crippen LogP contribution in [-0.4, -0.2) is 67.3 Å². The summed E-state index contributed by atoms with van der Waals surface area (Å²) in [6.07, 6.45) is 3.29. The molecular weight excluding hydrogens is 520 g/mol. The molecule has 2 aliphatic heterocycles. The third-order valence-electron chi connectivity index (χ3n) is 6.63. The van der Waals surface area contributed by atoms with Gasteiger partial charge >= 0.3 is 0 Å². The molecule has 1 atom stereocenters. The minimum Gasteiger partial charge on any atom is -0.368 e. The second kappa shape index (κ2) is 10.2. The van der Waals surface area contributed by atoms with Crippen molar-refractivity contribution < 1.29 is 16.1 Å². The van der Waals surface area contributed by atoms with Gasteiger partial charge in [-0.2, -0.15) is 4.37 Å². The lowest BCUT2D eigenvalue weighted by atomic mass is 10.0. The monoisotopic (exact) mass is 550 g/mol. The van der Waals surface area contributed by atoms with Crippen LogP contribution in [0.15, 0.2) is 53.7 Å². The molecule has 9 nitrogen and oxygen atoms in total. The minimum absolute atomic E-state index is 0. The molecule has 1 amide bonds. The molecule has 2 aromatic carbocycles. The molecule has 1 saturated heterocycles. The van der Waals surface area contributed by atoms with Crippen LogP contribution < -0.4 is 14.5 Å². The molecule has 5 rings (SSSR count). The van der Waals surface area contributed by atoms with Gasteiger partial charge in [-0.1, -0.05) is 11.6 Å². The number of sulfonamides is 1. The molecule has 0 unspecified atom stereocenters. The fourth-order valence-electron chi connectivity index (χ4n) is 4.85. The summed E-state index contributed by atoms with van der Waals surface area (Å²) in [5, 5.41) is 0.955. The number of nitrogens with one attached hydrogen (secondary N) is 1. The molecule has 194 valence electrons. The number of nitrogens with zero attached hydrogens (tertiary/aromatic N) is 5. The van der Waals surface area contributed by atoms with E-state index in [2.05, 4.69) is 30.8 Å². The fourth-order valence-corrected chi connectivity index (χ4v) is 6.71. The first kappa shape index (κ1) is 24.8. The van der Waals surface area contributed by atoms with Gasteiger partial charge in [0, 0.05) is 63.0 Å². The Morgan fingerprint density at radius 2 is 2.00 bits per heavy atom. The smallest absolute Gasteiger partial charge is 0.263 e. The lowest BCUT2D eigenvalue weighted by Crippen LogP contribution is -2.56. The van der Waals surface area contributed by atoms with Crippen molar-refractivity contribution in [3.8, 4) is 0 Å². The van der Waals surface area contributed by atoms with Crippen molar-refractivity contribution in [2.24, 2.45) is 0 Å². The van der Waals surface area contributed by atoms with Crippen LogP contribution in [0.5, 0.6) is 0 Å². The number of amides is 1. The average Bonchev–Trinajstić information content (AvgIpc) is 3.36. The highest BCUT2D eigenvalue weighted by Gasteiger charge is 2.30. The molecule has 1 fully saturated rings. The Bertz CT molecular complexity index is 1350. The standard InChI is InChI=1S/C24H27ClN6O3S2.2H2/c1-17-14-29(20-5-7-21(8-6-20)36(33,34)28-24-26-16-27-35-24)11-12-31(17)23(32)15-30-10-2-3-18-13-19(25)4-9-22(18)30;;/h4-9,13,16-17H,2-3,10-12,14-15H2,1H3,(H,26,27,28);2*1H/t17-;;/m0../s1. The van der Waals surface area contributed by atoms with Crippen LogP contribution in [0.3, 0.4) is 0 Å². The molecule has 3 aromatic rings. The maximum Gasteiger partial charge on any atom is 0.263 e. The number of halogens is 1. The van der Waals surface area contributed by atoms with Crippen molar-refractivity contribution in [1.82, 2.24) is 14.3 Å². The highest BCUT2D eigenvalue weighted by Crippen LogP contribution is 2.30. The van der Waals surface area contributed by atoms with Crippen LogP contribution in [-0.2, 0) is 21.2 Å². The van der Waals surface area contributed by atoms with Crippen molar-refractivity contribution >= 4 is 55.6 Å². The number of carbonyl (C=O) groups excluding carboxylic acids is 1. The fraction of sp³-hybridized carbons (Fsp3) is 0.375. The number of aryl methyl sites for hydroxylation is 1. The Balaban J connectivity index is 0.00000200. The zero-order valence-corrected chi connectivity index (χ0v) is 22.2. The first-order valence-electron chi connectivity index (χ1n) is 11.8. The van der Waals surface area contributed by atoms with Crippen LogP contribution in [0.1, 0.15) is 21.8 Å². The number of hydrogen-bond donors (Lipinski definition) is 1. The zero-order chi connectivity index (χ0) is 25.3. The number of benzene rings is 2. The van der Waals surface area contributed by atoms with E-state index in [0.29, 0.717) is 26.2 Å². The van der Waals surface area contributed by atoms with Crippen molar-refractivity contribution in [1.29, 1.82) is 0 Å². The van der Waals surface area contributed by atoms with Gasteiger partial charge in [-0.05, 0) is 67.8 Å². The third-order valence-corrected chi connectivity index (χ3v) is 8.92. The number of hydrogen-bond acceptors (Lipinski definition) is 8. The SMILES string of the molecule is C[C@H]1CN(c2ccc(S(=O)(=O)Nc3ncns3)cc2)CCN1C(=O)CN1CCCc2cc(Cl)ccc21.[HH].[HH]. The summed E-state index contributed by atoms with van der Waals surface area (Å²) in [4.78, 5) is 23.6. The second-order valence-electron chi connectivity index (χ2n) is 9.03. The van der Waals surface area contributed by atoms with Gasteiger partial charge in [0.15, 0.2) is 0 Å². The summed E-state index contributed by atoms with van der Waals surface area (Å²) in [6, 6.07) is 12.7. The van der Waals surface area contributed by atoms with E-state index in [9.17, 15) is 13.2 Å². The highest BCUT2D eigenvalue weighted by molar-refractivity contribution is 7.93. The molecule has 0 aliphatic carbocycles. The normalized spacial score (nSPS) is 18.2. The van der Waals surface area contributed by atoms with Gasteiger partial charge in [-0.25, -0.2) is 13.4 Å². The highest BCUT2D eigenvalue weighted by atomic mass is 35.5. The van der Waals surface area contributed by atoms with E-state index in [1.165, 1.54) is 11.9 Å². The van der Waals surface area contributed by atoms with Crippen LogP contribution in [0.25, 0.3) is 0 Å². The molecule has 0 spiro atoms. The molecule has 2 aliphatic rings. The van der Waals surface area contributed by atoms with Crippen molar-refractivity contribution in [2.45, 2.75) is 30.7 Å². The van der Waals surface area contributed by atoms with Gasteiger partial charge in [0.1, 0.15) is 6.33 Å². The Kier molecular flexibility index (Phi) is 7.05. The van der Waals surface area contributed by atoms with E-state index >= 15 is 0 Å². The Hall–Kier alpha value is -2.89. The third kappa shape index (κ3) is 5.28. The molecule has 0 bridgehead atoms. The number of carbonyl (C=O) groups is 1. The predicted octanol–water partition coefficient (Wildman–Crippen LogP) is 3.97. The lowest BCUT2D eigenvalue weighted by Gasteiger charge is -2.42. The van der Waals surface area contributed by atoms with E-state index in [1.807, 2.05) is 23.1 Å². The molecule has 36 heavy (non-hydrogen) atoms. The van der Waals surface area contributed by atoms with E-state index in [0.717, 1.165) is 47.3 Å². The van der Waals surface area contributed by atoms with Crippen LogP contribution in [0.2, 0.25) is 5.02 Å². The average molecular weight is 551 g/mol. The first-order chi connectivity index (χ1) is 17.3. The number of aromatic nitrogens is 2. The predicted molar refractivity (Wildman–Crippen MR) is 147 cm³/mol. The molecule has 0 radical (unpaired) electrons. The quantitative estimate of drug-likeness (QED) is 0.495. The van der Waals surface area contributed by atoms with Gasteiger partial charge in [0.2, 0.25) is 11.0 Å². The molecule has 0 saturated carbocycles. The number of anilines is 3. The Morgan fingerprint density at radius 3 is 2.72 bits per heavy atom. The lowest BCUT2D eigenvalue weighted by molar-refractivity contribution is -0.132. The van der Waals surface area contributed by atoms with Crippen LogP contribution in [0, 0.1) is 0 Å². The largest absolute Gasteiger partial charge is 0.368 e. The van der Waals surface area contributed by atoms with Crippen molar-refractivity contribution in [3.05, 3.63) is 59.4 Å². The van der Waals surface area contributed by atoms with Crippen molar-refractivity contribution in [3.63, 3.8) is 0 Å². The van der Waals surface area contributed by atoms with Crippen molar-refractivity contribution in [2.75, 3.05) is 47.2 Å². The second-order valence-corrected chi connectivity index (χ2v) is 11.9. The topological polar surface area (TPSA) is 98.7 Å². The zero-order valence-electron chi connectivity index (χ0n) is 19.8. The summed E-state index contributed by atoms with van der Waals surface area (Å²) in [5.41, 5.74) is 3.22. The summed E-state index contributed by atoms with van der Waals surface area (Å²) in [7, 11) is -3.72. The molecular formula is C24H31ClN6O3S2. The molecule has 1 N–H and O–H groups in total. The summed E-state index contributed by atoms with van der Waals surface area (Å²) >= 11 is 7.14. The first-order valence-corrected chi connectivity index (χ1v) is 14.4. The molecule has 1 aromatic heterocycles. The van der Waals surface area contributed by atoms with E-state index < -0.39 is 10.0 Å². The summed E-state index contributed by atoms with van der Waals surface area (Å²) < 4.78 is 31.4. The summed E-state index contributed by atoms with van der Waals surface area (Å²) in [5.74, 6) is 0.120. The van der Waals surface area contributed by atoms with Gasteiger partial charge in [-0.3, -0.25) is 9.52 Å². The number of piperazine rings is 1. The molecule has 3 heterocycles. The maximum absolute atomic E-state index is 13.2. The van der Waals surface area contributed by atoms with E-state index in [1.54, 1.807) is 24.3 Å². The van der Waals surface area contributed by atoms with E-state index in [-0.39, 0.29) is 24.8 Å².